The molecule has 1 aliphatic heterocycles. The Morgan fingerprint density at radius 1 is 0.933 bits per heavy atom. The highest BCUT2D eigenvalue weighted by Gasteiger charge is 2.22. The number of nitrogens with one attached hydrogen (secondary N) is 2. The number of urea groups is 1. The largest absolute Gasteiger partial charge is 0.495 e. The summed E-state index contributed by atoms with van der Waals surface area (Å²) < 4.78 is 5.29. The van der Waals surface area contributed by atoms with E-state index in [9.17, 15) is 4.79 Å². The molecule has 4 rings (SSSR count). The van der Waals surface area contributed by atoms with Crippen LogP contribution in [0.1, 0.15) is 0 Å². The first-order chi connectivity index (χ1) is 14.7. The number of benzene rings is 1. The summed E-state index contributed by atoms with van der Waals surface area (Å²) in [5.74, 6) is 2.77. The van der Waals surface area contributed by atoms with E-state index in [2.05, 4.69) is 30.7 Å². The number of pyridine rings is 1. The number of carbonyl (C=O) groups excluding carboxylic acids is 1. The number of amides is 2. The van der Waals surface area contributed by atoms with Crippen LogP contribution in [0.25, 0.3) is 0 Å². The monoisotopic (exact) mass is 405 g/mol. The summed E-state index contributed by atoms with van der Waals surface area (Å²) in [6, 6.07) is 16.6. The lowest BCUT2D eigenvalue weighted by atomic mass is 10.3. The smallest absolute Gasteiger partial charge is 0.322 e. The van der Waals surface area contributed by atoms with Crippen LogP contribution in [0.15, 0.2) is 60.8 Å². The van der Waals surface area contributed by atoms with Crippen LogP contribution in [0.4, 0.5) is 27.9 Å². The molecule has 0 unspecified atom stereocenters. The number of carbonyl (C=O) groups is 1. The first kappa shape index (κ1) is 19.4. The molecule has 0 aliphatic carbocycles. The normalized spacial score (nSPS) is 13.6. The minimum atomic E-state index is -0.139. The van der Waals surface area contributed by atoms with Crippen molar-refractivity contribution in [1.82, 2.24) is 20.1 Å². The number of hydrogen-bond acceptors (Lipinski definition) is 7. The van der Waals surface area contributed by atoms with Crippen LogP contribution in [0.5, 0.6) is 5.75 Å². The fraction of sp³-hybridized carbons (Fsp3) is 0.238. The lowest BCUT2D eigenvalue weighted by Crippen LogP contribution is -2.50. The molecule has 9 heteroatoms. The Balaban J connectivity index is 1.31. The van der Waals surface area contributed by atoms with Crippen molar-refractivity contribution in [2.45, 2.75) is 0 Å². The molecule has 2 amide bonds. The number of para-hydroxylation sites is 2. The van der Waals surface area contributed by atoms with Crippen molar-refractivity contribution in [3.8, 4) is 5.75 Å². The van der Waals surface area contributed by atoms with Gasteiger partial charge in [-0.2, -0.15) is 0 Å². The second kappa shape index (κ2) is 9.08. The summed E-state index contributed by atoms with van der Waals surface area (Å²) in [7, 11) is 1.59. The first-order valence-electron chi connectivity index (χ1n) is 9.68. The molecule has 0 atom stereocenters. The molecule has 1 saturated heterocycles. The number of piperazine rings is 1. The van der Waals surface area contributed by atoms with Crippen molar-refractivity contribution in [2.75, 3.05) is 48.8 Å². The van der Waals surface area contributed by atoms with Gasteiger partial charge < -0.3 is 25.2 Å². The van der Waals surface area contributed by atoms with E-state index in [1.54, 1.807) is 18.2 Å². The maximum absolute atomic E-state index is 12.6. The van der Waals surface area contributed by atoms with E-state index in [0.717, 1.165) is 5.82 Å². The van der Waals surface area contributed by atoms with Gasteiger partial charge in [-0.1, -0.05) is 18.2 Å². The molecule has 3 aromatic rings. The number of hydrogen-bond donors (Lipinski definition) is 2. The molecule has 0 radical (unpaired) electrons. The van der Waals surface area contributed by atoms with E-state index in [4.69, 9.17) is 4.74 Å². The quantitative estimate of drug-likeness (QED) is 0.674. The summed E-state index contributed by atoms with van der Waals surface area (Å²) in [6.07, 6.45) is 1.72. The number of methoxy groups -OCH3 is 1. The molecule has 0 spiro atoms. The predicted molar refractivity (Wildman–Crippen MR) is 115 cm³/mol. The standard InChI is InChI=1S/C21H23N7O2/c1-30-17-7-3-2-6-16(17)23-21(29)28-14-12-27(13-15-28)20-10-9-19(25-26-20)24-18-8-4-5-11-22-18/h2-11H,12-15H2,1H3,(H,23,29)(H,22,24,25). The SMILES string of the molecule is COc1ccccc1NC(=O)N1CCN(c2ccc(Nc3ccccn3)nn2)CC1. The molecule has 3 heterocycles. The van der Waals surface area contributed by atoms with Crippen LogP contribution in [-0.2, 0) is 0 Å². The molecule has 1 aromatic carbocycles. The molecule has 0 saturated carbocycles. The Hall–Kier alpha value is -3.88. The molecule has 1 fully saturated rings. The van der Waals surface area contributed by atoms with Gasteiger partial charge in [0.2, 0.25) is 0 Å². The third-order valence-electron chi connectivity index (χ3n) is 4.81. The zero-order valence-corrected chi connectivity index (χ0v) is 16.7. The maximum Gasteiger partial charge on any atom is 0.322 e. The minimum Gasteiger partial charge on any atom is -0.495 e. The van der Waals surface area contributed by atoms with Crippen molar-refractivity contribution in [3.63, 3.8) is 0 Å². The second-order valence-corrected chi connectivity index (χ2v) is 6.72. The fourth-order valence-electron chi connectivity index (χ4n) is 3.21. The van der Waals surface area contributed by atoms with Gasteiger partial charge in [-0.25, -0.2) is 9.78 Å². The lowest BCUT2D eigenvalue weighted by molar-refractivity contribution is 0.208. The summed E-state index contributed by atoms with van der Waals surface area (Å²) in [5, 5.41) is 14.6. The number of aromatic nitrogens is 3. The highest BCUT2D eigenvalue weighted by atomic mass is 16.5. The summed E-state index contributed by atoms with van der Waals surface area (Å²) in [4.78, 5) is 20.7. The highest BCUT2D eigenvalue weighted by Crippen LogP contribution is 2.24. The van der Waals surface area contributed by atoms with Crippen LogP contribution < -0.4 is 20.3 Å². The van der Waals surface area contributed by atoms with Gasteiger partial charge in [-0.05, 0) is 36.4 Å². The van der Waals surface area contributed by atoms with Gasteiger partial charge in [0.1, 0.15) is 11.6 Å². The number of anilines is 4. The van der Waals surface area contributed by atoms with Gasteiger partial charge in [0.05, 0.1) is 12.8 Å². The van der Waals surface area contributed by atoms with Gasteiger partial charge in [-0.3, -0.25) is 0 Å². The van der Waals surface area contributed by atoms with Crippen molar-refractivity contribution in [1.29, 1.82) is 0 Å². The first-order valence-corrected chi connectivity index (χ1v) is 9.68. The zero-order chi connectivity index (χ0) is 20.8. The summed E-state index contributed by atoms with van der Waals surface area (Å²) >= 11 is 0. The average molecular weight is 405 g/mol. The van der Waals surface area contributed by atoms with Gasteiger partial charge >= 0.3 is 6.03 Å². The van der Waals surface area contributed by atoms with Crippen molar-refractivity contribution in [2.24, 2.45) is 0 Å². The van der Waals surface area contributed by atoms with Crippen LogP contribution in [-0.4, -0.2) is 59.4 Å². The Morgan fingerprint density at radius 3 is 2.43 bits per heavy atom. The summed E-state index contributed by atoms with van der Waals surface area (Å²) in [6.45, 7) is 2.55. The maximum atomic E-state index is 12.6. The molecule has 2 aromatic heterocycles. The van der Waals surface area contributed by atoms with E-state index < -0.39 is 0 Å². The number of ether oxygens (including phenoxy) is 1. The van der Waals surface area contributed by atoms with E-state index in [-0.39, 0.29) is 6.03 Å². The topological polar surface area (TPSA) is 95.5 Å². The van der Waals surface area contributed by atoms with Gasteiger partial charge in [-0.15, -0.1) is 10.2 Å². The predicted octanol–water partition coefficient (Wildman–Crippen LogP) is 2.98. The van der Waals surface area contributed by atoms with Crippen LogP contribution in [0.3, 0.4) is 0 Å². The second-order valence-electron chi connectivity index (χ2n) is 6.72. The van der Waals surface area contributed by atoms with Gasteiger partial charge in [0.15, 0.2) is 11.6 Å². The van der Waals surface area contributed by atoms with E-state index in [1.807, 2.05) is 54.6 Å². The Bertz CT molecular complexity index is 974. The van der Waals surface area contributed by atoms with E-state index >= 15 is 0 Å². The lowest BCUT2D eigenvalue weighted by Gasteiger charge is -2.35. The van der Waals surface area contributed by atoms with Crippen LogP contribution >= 0.6 is 0 Å². The molecule has 30 heavy (non-hydrogen) atoms. The molecular formula is C21H23N7O2. The highest BCUT2D eigenvalue weighted by molar-refractivity contribution is 5.91. The van der Waals surface area contributed by atoms with Crippen molar-refractivity contribution < 1.29 is 9.53 Å². The van der Waals surface area contributed by atoms with E-state index in [1.165, 1.54) is 0 Å². The third-order valence-corrected chi connectivity index (χ3v) is 4.81. The Labute approximate surface area is 174 Å². The zero-order valence-electron chi connectivity index (χ0n) is 16.7. The molecule has 0 bridgehead atoms. The van der Waals surface area contributed by atoms with Gasteiger partial charge in [0, 0.05) is 32.4 Å². The average Bonchev–Trinajstić information content (AvgIpc) is 2.81. The fourth-order valence-corrected chi connectivity index (χ4v) is 3.21. The molecule has 154 valence electrons. The van der Waals surface area contributed by atoms with Crippen molar-refractivity contribution >= 4 is 29.2 Å². The van der Waals surface area contributed by atoms with E-state index in [0.29, 0.717) is 49.3 Å². The third kappa shape index (κ3) is 4.57. The number of rotatable bonds is 5. The van der Waals surface area contributed by atoms with Crippen molar-refractivity contribution in [3.05, 3.63) is 60.8 Å². The Morgan fingerprint density at radius 2 is 1.73 bits per heavy atom. The molecule has 2 N–H and O–H groups in total. The molecule has 9 nitrogen and oxygen atoms in total. The number of nitrogens with zero attached hydrogens (tertiary/aromatic N) is 5. The minimum absolute atomic E-state index is 0.139. The summed E-state index contributed by atoms with van der Waals surface area (Å²) in [5.41, 5.74) is 0.661. The Kier molecular flexibility index (Phi) is 5.88. The van der Waals surface area contributed by atoms with Crippen LogP contribution in [0.2, 0.25) is 0 Å². The van der Waals surface area contributed by atoms with Crippen LogP contribution in [0, 0.1) is 0 Å². The molecule has 1 aliphatic rings. The molecular weight excluding hydrogens is 382 g/mol. The van der Waals surface area contributed by atoms with Gasteiger partial charge in [0.25, 0.3) is 0 Å².